The molecule has 0 aromatic carbocycles. The number of hydrogen-bond acceptors (Lipinski definition) is 2. The van der Waals surface area contributed by atoms with Gasteiger partial charge in [0.05, 0.1) is 0 Å². The number of hydrogen-bond donors (Lipinski definition) is 2. The highest BCUT2D eigenvalue weighted by Crippen LogP contribution is 2.39. The fraction of sp³-hybridized carbons (Fsp3) is 0.500. The molecule has 2 nitrogen and oxygen atoms in total. The molecule has 0 aliphatic heterocycles. The Morgan fingerprint density at radius 3 is 1.47 bits per heavy atom. The van der Waals surface area contributed by atoms with Crippen LogP contribution in [0.25, 0.3) is 0 Å². The van der Waals surface area contributed by atoms with Crippen molar-refractivity contribution >= 4 is 5.71 Å². The van der Waals surface area contributed by atoms with E-state index in [9.17, 15) is 39.5 Å². The van der Waals surface area contributed by atoms with Crippen molar-refractivity contribution in [2.45, 2.75) is 18.3 Å². The van der Waals surface area contributed by atoms with Crippen molar-refractivity contribution in [3.05, 3.63) is 11.5 Å². The molecule has 0 heterocycles. The monoisotopic (exact) mass is 274 g/mol. The molecule has 0 bridgehead atoms. The smallest absolute Gasteiger partial charge is 0.392 e. The molecule has 0 aromatic rings. The van der Waals surface area contributed by atoms with Crippen molar-refractivity contribution < 1.29 is 39.5 Å². The quantitative estimate of drug-likeness (QED) is 0.590. The zero-order valence-electron chi connectivity index (χ0n) is 7.48. The Bertz CT molecular complexity index is 347. The Kier molecular flexibility index (Phi) is 3.77. The highest BCUT2D eigenvalue weighted by atomic mass is 19.4. The fourth-order valence-electron chi connectivity index (χ4n) is 0.539. The molecule has 17 heavy (non-hydrogen) atoms. The van der Waals surface area contributed by atoms with Gasteiger partial charge in [0.2, 0.25) is 0 Å². The topological polar surface area (TPSA) is 49.9 Å². The van der Waals surface area contributed by atoms with Gasteiger partial charge < -0.3 is 5.73 Å². The van der Waals surface area contributed by atoms with E-state index in [1.165, 1.54) is 0 Å². The maximum Gasteiger partial charge on any atom is 0.459 e. The van der Waals surface area contributed by atoms with Gasteiger partial charge in [0, 0.05) is 0 Å². The molecule has 0 aliphatic carbocycles. The predicted molar refractivity (Wildman–Crippen MR) is 37.1 cm³/mol. The van der Waals surface area contributed by atoms with Gasteiger partial charge in [-0.15, -0.1) is 0 Å². The van der Waals surface area contributed by atoms with Crippen LogP contribution in [0, 0.1) is 5.41 Å². The predicted octanol–water partition coefficient (Wildman–Crippen LogP) is 2.91. The second kappa shape index (κ2) is 4.11. The first kappa shape index (κ1) is 15.6. The van der Waals surface area contributed by atoms with Gasteiger partial charge in [0.15, 0.2) is 11.5 Å². The first-order chi connectivity index (χ1) is 7.23. The van der Waals surface area contributed by atoms with Gasteiger partial charge in [-0.2, -0.15) is 35.1 Å². The maximum absolute atomic E-state index is 12.5. The van der Waals surface area contributed by atoms with Crippen LogP contribution < -0.4 is 5.73 Å². The lowest BCUT2D eigenvalue weighted by atomic mass is 10.1. The fourth-order valence-corrected chi connectivity index (χ4v) is 0.539. The van der Waals surface area contributed by atoms with Crippen LogP contribution in [0.4, 0.5) is 39.5 Å². The third-order valence-corrected chi connectivity index (χ3v) is 1.43. The number of rotatable bonds is 2. The summed E-state index contributed by atoms with van der Waals surface area (Å²) < 4.78 is 107. The molecule has 0 aliphatic rings. The van der Waals surface area contributed by atoms with Crippen molar-refractivity contribution in [3.63, 3.8) is 0 Å². The summed E-state index contributed by atoms with van der Waals surface area (Å²) >= 11 is 0. The van der Waals surface area contributed by atoms with Crippen LogP contribution in [-0.2, 0) is 0 Å². The summed E-state index contributed by atoms with van der Waals surface area (Å²) in [6, 6.07) is 0. The average Bonchev–Trinajstić information content (AvgIpc) is 2.10. The Balaban J connectivity index is 5.51. The molecule has 0 unspecified atom stereocenters. The van der Waals surface area contributed by atoms with Gasteiger partial charge >= 0.3 is 18.3 Å². The van der Waals surface area contributed by atoms with Gasteiger partial charge in [-0.05, 0) is 0 Å². The Hall–Kier alpha value is -1.42. The van der Waals surface area contributed by atoms with Gasteiger partial charge in [-0.25, -0.2) is 4.39 Å². The summed E-state index contributed by atoms with van der Waals surface area (Å²) in [6.07, 6.45) is -12.1. The number of nitrogens with one attached hydrogen (secondary N) is 1. The highest BCUT2D eigenvalue weighted by molar-refractivity contribution is 6.02. The molecular weight excluding hydrogens is 271 g/mol. The zero-order chi connectivity index (χ0) is 14.2. The molecular formula is C6H3F9N2. The van der Waals surface area contributed by atoms with Crippen molar-refractivity contribution in [2.24, 2.45) is 5.73 Å². The minimum Gasteiger partial charge on any atom is -0.392 e. The Labute approximate surface area is 87.4 Å². The van der Waals surface area contributed by atoms with E-state index in [1.807, 2.05) is 0 Å². The SMILES string of the molecule is N=C(C(F)=C(N)C(F)(F)F)C(F)(F)C(F)(F)F. The Morgan fingerprint density at radius 2 is 1.24 bits per heavy atom. The van der Waals surface area contributed by atoms with E-state index >= 15 is 0 Å². The summed E-state index contributed by atoms with van der Waals surface area (Å²) in [5.41, 5.74) is -2.05. The van der Waals surface area contributed by atoms with Crippen LogP contribution in [-0.4, -0.2) is 24.0 Å². The largest absolute Gasteiger partial charge is 0.459 e. The molecule has 0 aromatic heterocycles. The molecule has 11 heteroatoms. The van der Waals surface area contributed by atoms with E-state index in [4.69, 9.17) is 5.41 Å². The zero-order valence-corrected chi connectivity index (χ0v) is 7.48. The van der Waals surface area contributed by atoms with Crippen LogP contribution in [0.5, 0.6) is 0 Å². The first-order valence-corrected chi connectivity index (χ1v) is 3.49. The van der Waals surface area contributed by atoms with Crippen molar-refractivity contribution in [2.75, 3.05) is 0 Å². The lowest BCUT2D eigenvalue weighted by molar-refractivity contribution is -0.249. The van der Waals surface area contributed by atoms with Crippen LogP contribution in [0.1, 0.15) is 0 Å². The minimum atomic E-state index is -6.40. The standard InChI is InChI=1S/C6H3F9N2/c7-1(3(17)5(10,11)12)2(16)4(8,9)6(13,14)15/h16H,17H2. The molecule has 3 N–H and O–H groups in total. The lowest BCUT2D eigenvalue weighted by Crippen LogP contribution is -2.45. The van der Waals surface area contributed by atoms with Crippen molar-refractivity contribution in [1.29, 1.82) is 5.41 Å². The highest BCUT2D eigenvalue weighted by Gasteiger charge is 2.62. The van der Waals surface area contributed by atoms with Gasteiger partial charge in [0.25, 0.3) is 0 Å². The number of allylic oxidation sites excluding steroid dienone is 2. The van der Waals surface area contributed by atoms with E-state index in [1.54, 1.807) is 0 Å². The van der Waals surface area contributed by atoms with Gasteiger partial charge in [-0.1, -0.05) is 0 Å². The molecule has 100 valence electrons. The summed E-state index contributed by atoms with van der Waals surface area (Å²) in [7, 11) is 0. The number of halogens is 9. The van der Waals surface area contributed by atoms with E-state index < -0.39 is 35.5 Å². The molecule has 0 atom stereocenters. The molecule has 0 rings (SSSR count). The number of alkyl halides is 8. The van der Waals surface area contributed by atoms with E-state index in [2.05, 4.69) is 5.73 Å². The average molecular weight is 274 g/mol. The second-order valence-electron chi connectivity index (χ2n) is 2.67. The van der Waals surface area contributed by atoms with Gasteiger partial charge in [0.1, 0.15) is 5.71 Å². The van der Waals surface area contributed by atoms with Crippen LogP contribution >= 0.6 is 0 Å². The lowest BCUT2D eigenvalue weighted by Gasteiger charge is -2.20. The molecule has 0 amide bonds. The van der Waals surface area contributed by atoms with Crippen molar-refractivity contribution in [1.82, 2.24) is 0 Å². The van der Waals surface area contributed by atoms with E-state index in [0.717, 1.165) is 0 Å². The second-order valence-corrected chi connectivity index (χ2v) is 2.67. The van der Waals surface area contributed by atoms with Crippen LogP contribution in [0.15, 0.2) is 11.5 Å². The number of nitrogens with two attached hydrogens (primary N) is 1. The van der Waals surface area contributed by atoms with E-state index in [-0.39, 0.29) is 0 Å². The summed E-state index contributed by atoms with van der Waals surface area (Å²) in [6.45, 7) is 0. The summed E-state index contributed by atoms with van der Waals surface area (Å²) in [4.78, 5) is 0. The molecule has 0 fully saturated rings. The third-order valence-electron chi connectivity index (χ3n) is 1.43. The summed E-state index contributed by atoms with van der Waals surface area (Å²) in [5, 5.41) is 6.08. The Morgan fingerprint density at radius 1 is 0.882 bits per heavy atom. The maximum atomic E-state index is 12.5. The van der Waals surface area contributed by atoms with Gasteiger partial charge in [-0.3, -0.25) is 5.41 Å². The van der Waals surface area contributed by atoms with Crippen LogP contribution in [0.2, 0.25) is 0 Å². The van der Waals surface area contributed by atoms with Crippen molar-refractivity contribution in [3.8, 4) is 0 Å². The third kappa shape index (κ3) is 3.03. The molecule has 0 radical (unpaired) electrons. The molecule has 0 spiro atoms. The first-order valence-electron chi connectivity index (χ1n) is 3.49. The van der Waals surface area contributed by atoms with Crippen LogP contribution in [0.3, 0.4) is 0 Å². The minimum absolute atomic E-state index is 2.83. The molecule has 0 saturated heterocycles. The van der Waals surface area contributed by atoms with E-state index in [0.29, 0.717) is 0 Å². The molecule has 0 saturated carbocycles. The summed E-state index contributed by atoms with van der Waals surface area (Å²) in [5.74, 6) is -9.23. The normalized spacial score (nSPS) is 15.6.